The second-order valence-corrected chi connectivity index (χ2v) is 4.45. The zero-order chi connectivity index (χ0) is 15.2. The molecular formula is C16H16N2O3. The first kappa shape index (κ1) is 14.7. The molecule has 0 amide bonds. The zero-order valence-electron chi connectivity index (χ0n) is 11.9. The van der Waals surface area contributed by atoms with E-state index < -0.39 is 5.97 Å². The van der Waals surface area contributed by atoms with Crippen LogP contribution in [0.25, 0.3) is 6.08 Å². The van der Waals surface area contributed by atoms with Gasteiger partial charge in [-0.05, 0) is 43.2 Å². The van der Waals surface area contributed by atoms with Crippen molar-refractivity contribution in [2.75, 3.05) is 0 Å². The third kappa shape index (κ3) is 4.14. The molecule has 0 aromatic carbocycles. The van der Waals surface area contributed by atoms with E-state index in [4.69, 9.17) is 9.84 Å². The molecular weight excluding hydrogens is 268 g/mol. The van der Waals surface area contributed by atoms with E-state index in [1.165, 1.54) is 6.08 Å². The van der Waals surface area contributed by atoms with Gasteiger partial charge in [-0.15, -0.1) is 0 Å². The second kappa shape index (κ2) is 6.65. The minimum absolute atomic E-state index is 0.447. The van der Waals surface area contributed by atoms with Crippen LogP contribution in [0.15, 0.2) is 36.5 Å². The standard InChI is InChI=1S/C16H16N2O3/c1-3-13-14(7-4-11(2)18-13)21-15-8-5-12(10-17-15)6-9-16(19)20/h4-10H,3H2,1-2H3,(H,19,20)/b9-6+. The van der Waals surface area contributed by atoms with Gasteiger partial charge in [0, 0.05) is 24.0 Å². The van der Waals surface area contributed by atoms with Gasteiger partial charge in [0.25, 0.3) is 0 Å². The van der Waals surface area contributed by atoms with Crippen LogP contribution in [0.3, 0.4) is 0 Å². The van der Waals surface area contributed by atoms with Crippen LogP contribution in [0, 0.1) is 6.92 Å². The van der Waals surface area contributed by atoms with E-state index in [-0.39, 0.29) is 0 Å². The maximum Gasteiger partial charge on any atom is 0.328 e. The molecule has 2 aromatic heterocycles. The number of rotatable bonds is 5. The molecule has 0 aliphatic carbocycles. The molecule has 1 N–H and O–H groups in total. The molecule has 0 fully saturated rings. The summed E-state index contributed by atoms with van der Waals surface area (Å²) in [5, 5.41) is 8.57. The highest BCUT2D eigenvalue weighted by Gasteiger charge is 2.06. The van der Waals surface area contributed by atoms with Crippen molar-refractivity contribution in [1.82, 2.24) is 9.97 Å². The quantitative estimate of drug-likeness (QED) is 0.853. The predicted octanol–water partition coefficient (Wildman–Crippen LogP) is 3.24. The average Bonchev–Trinajstić information content (AvgIpc) is 2.48. The van der Waals surface area contributed by atoms with Crippen LogP contribution in [0.1, 0.15) is 23.9 Å². The summed E-state index contributed by atoms with van der Waals surface area (Å²) < 4.78 is 5.72. The molecule has 0 aliphatic heterocycles. The van der Waals surface area contributed by atoms with Crippen molar-refractivity contribution >= 4 is 12.0 Å². The summed E-state index contributed by atoms with van der Waals surface area (Å²) in [5.74, 6) is 0.140. The SMILES string of the molecule is CCc1nc(C)ccc1Oc1ccc(/C=C/C(=O)O)cn1. The van der Waals surface area contributed by atoms with Gasteiger partial charge in [-0.2, -0.15) is 0 Å². The van der Waals surface area contributed by atoms with Crippen LogP contribution in [0.5, 0.6) is 11.6 Å². The van der Waals surface area contributed by atoms with Crippen LogP contribution in [-0.2, 0) is 11.2 Å². The topological polar surface area (TPSA) is 72.3 Å². The van der Waals surface area contributed by atoms with Gasteiger partial charge in [0.2, 0.25) is 5.88 Å². The van der Waals surface area contributed by atoms with Crippen molar-refractivity contribution < 1.29 is 14.6 Å². The fourth-order valence-corrected chi connectivity index (χ4v) is 1.77. The van der Waals surface area contributed by atoms with E-state index >= 15 is 0 Å². The molecule has 21 heavy (non-hydrogen) atoms. The molecule has 0 radical (unpaired) electrons. The number of aryl methyl sites for hydroxylation is 2. The summed E-state index contributed by atoms with van der Waals surface area (Å²) in [6.45, 7) is 3.95. The molecule has 0 spiro atoms. The van der Waals surface area contributed by atoms with Crippen molar-refractivity contribution in [1.29, 1.82) is 0 Å². The third-order valence-corrected chi connectivity index (χ3v) is 2.80. The average molecular weight is 284 g/mol. The molecule has 0 atom stereocenters. The lowest BCUT2D eigenvalue weighted by Crippen LogP contribution is -1.96. The van der Waals surface area contributed by atoms with Crippen molar-refractivity contribution in [3.05, 3.63) is 53.5 Å². The van der Waals surface area contributed by atoms with Gasteiger partial charge < -0.3 is 9.84 Å². The fraction of sp³-hybridized carbons (Fsp3) is 0.188. The lowest BCUT2D eigenvalue weighted by atomic mass is 10.2. The van der Waals surface area contributed by atoms with Gasteiger partial charge in [0.15, 0.2) is 5.75 Å². The zero-order valence-corrected chi connectivity index (χ0v) is 11.9. The first-order valence-corrected chi connectivity index (χ1v) is 6.60. The first-order valence-electron chi connectivity index (χ1n) is 6.60. The number of hydrogen-bond acceptors (Lipinski definition) is 4. The van der Waals surface area contributed by atoms with E-state index in [2.05, 4.69) is 9.97 Å². The Morgan fingerprint density at radius 3 is 2.76 bits per heavy atom. The van der Waals surface area contributed by atoms with Crippen LogP contribution in [0.4, 0.5) is 0 Å². The molecule has 2 heterocycles. The highest BCUT2D eigenvalue weighted by Crippen LogP contribution is 2.23. The lowest BCUT2D eigenvalue weighted by molar-refractivity contribution is -0.131. The molecule has 0 saturated heterocycles. The molecule has 0 saturated carbocycles. The van der Waals surface area contributed by atoms with Crippen LogP contribution >= 0.6 is 0 Å². The minimum atomic E-state index is -0.992. The summed E-state index contributed by atoms with van der Waals surface area (Å²) in [6.07, 6.45) is 4.87. The Balaban J connectivity index is 2.15. The number of pyridine rings is 2. The maximum absolute atomic E-state index is 10.4. The number of nitrogens with zero attached hydrogens (tertiary/aromatic N) is 2. The molecule has 2 aromatic rings. The van der Waals surface area contributed by atoms with E-state index in [9.17, 15) is 4.79 Å². The fourth-order valence-electron chi connectivity index (χ4n) is 1.77. The normalized spacial score (nSPS) is 10.8. The number of ether oxygens (including phenoxy) is 1. The highest BCUT2D eigenvalue weighted by atomic mass is 16.5. The Hall–Kier alpha value is -2.69. The third-order valence-electron chi connectivity index (χ3n) is 2.80. The Labute approximate surface area is 122 Å². The van der Waals surface area contributed by atoms with Gasteiger partial charge in [-0.3, -0.25) is 4.98 Å². The van der Waals surface area contributed by atoms with Crippen LogP contribution in [0.2, 0.25) is 0 Å². The summed E-state index contributed by atoms with van der Waals surface area (Å²) in [5.41, 5.74) is 2.52. The van der Waals surface area contributed by atoms with Gasteiger partial charge in [0.1, 0.15) is 0 Å². The Bertz CT molecular complexity index is 664. The van der Waals surface area contributed by atoms with Crippen LogP contribution in [-0.4, -0.2) is 21.0 Å². The molecule has 0 aliphatic rings. The summed E-state index contributed by atoms with van der Waals surface area (Å²) in [7, 11) is 0. The van der Waals surface area contributed by atoms with E-state index in [1.54, 1.807) is 18.3 Å². The number of hydrogen-bond donors (Lipinski definition) is 1. The number of carbonyl (C=O) groups is 1. The van der Waals surface area contributed by atoms with Crippen molar-refractivity contribution in [3.8, 4) is 11.6 Å². The molecule has 0 unspecified atom stereocenters. The van der Waals surface area contributed by atoms with E-state index in [1.807, 2.05) is 26.0 Å². The smallest absolute Gasteiger partial charge is 0.328 e. The van der Waals surface area contributed by atoms with Crippen molar-refractivity contribution in [2.45, 2.75) is 20.3 Å². The van der Waals surface area contributed by atoms with Crippen molar-refractivity contribution in [2.24, 2.45) is 0 Å². The minimum Gasteiger partial charge on any atom is -0.478 e. The number of carboxylic acid groups (broad SMARTS) is 1. The Morgan fingerprint density at radius 2 is 2.14 bits per heavy atom. The summed E-state index contributed by atoms with van der Waals surface area (Å²) >= 11 is 0. The number of carboxylic acids is 1. The predicted molar refractivity (Wildman–Crippen MR) is 79.3 cm³/mol. The van der Waals surface area contributed by atoms with Gasteiger partial charge in [-0.25, -0.2) is 9.78 Å². The molecule has 108 valence electrons. The molecule has 5 heteroatoms. The monoisotopic (exact) mass is 284 g/mol. The summed E-state index contributed by atoms with van der Waals surface area (Å²) in [4.78, 5) is 19.0. The summed E-state index contributed by atoms with van der Waals surface area (Å²) in [6, 6.07) is 7.20. The van der Waals surface area contributed by atoms with Gasteiger partial charge in [0.05, 0.1) is 5.69 Å². The second-order valence-electron chi connectivity index (χ2n) is 4.45. The highest BCUT2D eigenvalue weighted by molar-refractivity contribution is 5.85. The van der Waals surface area contributed by atoms with E-state index in [0.717, 1.165) is 23.9 Å². The Morgan fingerprint density at radius 1 is 1.33 bits per heavy atom. The van der Waals surface area contributed by atoms with Crippen molar-refractivity contribution in [3.63, 3.8) is 0 Å². The molecule has 5 nitrogen and oxygen atoms in total. The van der Waals surface area contributed by atoms with Gasteiger partial charge >= 0.3 is 5.97 Å². The number of aromatic nitrogens is 2. The maximum atomic E-state index is 10.4. The largest absolute Gasteiger partial charge is 0.478 e. The molecule has 2 rings (SSSR count). The first-order chi connectivity index (χ1) is 10.1. The van der Waals surface area contributed by atoms with Crippen LogP contribution < -0.4 is 4.74 Å². The van der Waals surface area contributed by atoms with E-state index in [0.29, 0.717) is 17.2 Å². The Kier molecular flexibility index (Phi) is 4.66. The van der Waals surface area contributed by atoms with Gasteiger partial charge in [-0.1, -0.05) is 6.92 Å². The lowest BCUT2D eigenvalue weighted by Gasteiger charge is -2.09. The number of aliphatic carboxylic acids is 1. The molecule has 0 bridgehead atoms.